The van der Waals surface area contributed by atoms with Crippen LogP contribution < -0.4 is 0 Å². The van der Waals surface area contributed by atoms with Gasteiger partial charge in [-0.05, 0) is 6.07 Å². The number of nitrogens with zero attached hydrogens (tertiary/aromatic N) is 5. The van der Waals surface area contributed by atoms with Gasteiger partial charge in [0.25, 0.3) is 0 Å². The highest BCUT2D eigenvalue weighted by Gasteiger charge is 2.03. The average molecular weight is 182 g/mol. The second-order valence-electron chi connectivity index (χ2n) is 2.06. The van der Waals surface area contributed by atoms with Crippen LogP contribution in [0.5, 0.6) is 0 Å². The molecule has 0 spiro atoms. The van der Waals surface area contributed by atoms with E-state index in [2.05, 4.69) is 20.3 Å². The first-order chi connectivity index (χ1) is 5.86. The topological polar surface area (TPSA) is 56.5 Å². The molecule has 0 unspecified atom stereocenters. The molecule has 2 rings (SSSR count). The van der Waals surface area contributed by atoms with Crippen molar-refractivity contribution in [2.75, 3.05) is 0 Å². The monoisotopic (exact) mass is 181 g/mol. The van der Waals surface area contributed by atoms with Gasteiger partial charge in [0.2, 0.25) is 0 Å². The molecular weight excluding hydrogens is 178 g/mol. The van der Waals surface area contributed by atoms with Gasteiger partial charge >= 0.3 is 0 Å². The lowest BCUT2D eigenvalue weighted by Gasteiger charge is -1.88. The van der Waals surface area contributed by atoms with Crippen LogP contribution in [-0.4, -0.2) is 24.5 Å². The number of hydrogen-bond acceptors (Lipinski definition) is 4. The normalized spacial score (nSPS) is 10.1. The van der Waals surface area contributed by atoms with E-state index in [1.807, 2.05) is 0 Å². The Hall–Kier alpha value is -1.49. The highest BCUT2D eigenvalue weighted by molar-refractivity contribution is 6.14. The summed E-state index contributed by atoms with van der Waals surface area (Å²) in [6.07, 6.45) is 4.81. The van der Waals surface area contributed by atoms with Gasteiger partial charge in [-0.15, -0.1) is 5.10 Å². The lowest BCUT2D eigenvalue weighted by molar-refractivity contribution is 0.879. The predicted octanol–water partition coefficient (Wildman–Crippen LogP) is 0.737. The van der Waals surface area contributed by atoms with E-state index in [-0.39, 0.29) is 0 Å². The van der Waals surface area contributed by atoms with E-state index in [1.54, 1.807) is 18.5 Å². The molecule has 5 nitrogen and oxygen atoms in total. The molecule has 0 bridgehead atoms. The molecule has 0 aliphatic rings. The smallest absolute Gasteiger partial charge is 0.181 e. The van der Waals surface area contributed by atoms with E-state index in [9.17, 15) is 0 Å². The van der Waals surface area contributed by atoms with Crippen molar-refractivity contribution in [3.8, 4) is 11.5 Å². The molecular formula is C6H4ClN5. The van der Waals surface area contributed by atoms with E-state index < -0.39 is 0 Å². The SMILES string of the molecule is Cln1cc(-c2ncccn2)nn1. The third-order valence-corrected chi connectivity index (χ3v) is 1.43. The standard InChI is InChI=1S/C6H4ClN5/c7-12-4-5(10-11-12)6-8-2-1-3-9-6/h1-4H. The highest BCUT2D eigenvalue weighted by atomic mass is 35.5. The maximum Gasteiger partial charge on any atom is 0.181 e. The lowest BCUT2D eigenvalue weighted by Crippen LogP contribution is -1.85. The third kappa shape index (κ3) is 1.26. The fraction of sp³-hybridized carbons (Fsp3) is 0. The van der Waals surface area contributed by atoms with Crippen LogP contribution >= 0.6 is 11.8 Å². The van der Waals surface area contributed by atoms with Crippen LogP contribution in [0.25, 0.3) is 11.5 Å². The molecule has 12 heavy (non-hydrogen) atoms. The van der Waals surface area contributed by atoms with E-state index in [4.69, 9.17) is 11.8 Å². The molecule has 0 aliphatic heterocycles. The van der Waals surface area contributed by atoms with Gasteiger partial charge < -0.3 is 0 Å². The highest BCUT2D eigenvalue weighted by Crippen LogP contribution is 2.08. The first-order valence-electron chi connectivity index (χ1n) is 3.22. The van der Waals surface area contributed by atoms with Crippen LogP contribution in [0.4, 0.5) is 0 Å². The third-order valence-electron chi connectivity index (χ3n) is 1.26. The number of halogens is 1. The van der Waals surface area contributed by atoms with Gasteiger partial charge in [0, 0.05) is 24.2 Å². The average Bonchev–Trinajstić information content (AvgIpc) is 2.54. The van der Waals surface area contributed by atoms with Crippen LogP contribution in [0.3, 0.4) is 0 Å². The van der Waals surface area contributed by atoms with Crippen molar-refractivity contribution in [3.05, 3.63) is 24.7 Å². The number of rotatable bonds is 1. The summed E-state index contributed by atoms with van der Waals surface area (Å²) in [5.74, 6) is 0.518. The zero-order valence-electron chi connectivity index (χ0n) is 5.92. The predicted molar refractivity (Wildman–Crippen MR) is 42.3 cm³/mol. The summed E-state index contributed by atoms with van der Waals surface area (Å²) in [7, 11) is 0. The van der Waals surface area contributed by atoms with Gasteiger partial charge in [-0.1, -0.05) is 5.21 Å². The van der Waals surface area contributed by atoms with E-state index >= 15 is 0 Å². The molecule has 2 heterocycles. The quantitative estimate of drug-likeness (QED) is 0.651. The van der Waals surface area contributed by atoms with Crippen molar-refractivity contribution in [1.82, 2.24) is 24.5 Å². The minimum absolute atomic E-state index is 0.518. The van der Waals surface area contributed by atoms with E-state index in [0.717, 1.165) is 4.20 Å². The Balaban J connectivity index is 2.45. The van der Waals surface area contributed by atoms with Gasteiger partial charge in [0.1, 0.15) is 0 Å². The first kappa shape index (κ1) is 7.17. The molecule has 0 radical (unpaired) electrons. The number of aromatic nitrogens is 5. The molecule has 0 N–H and O–H groups in total. The molecule has 0 saturated carbocycles. The van der Waals surface area contributed by atoms with Crippen molar-refractivity contribution < 1.29 is 0 Å². The maximum absolute atomic E-state index is 5.50. The van der Waals surface area contributed by atoms with Crippen molar-refractivity contribution in [3.63, 3.8) is 0 Å². The maximum atomic E-state index is 5.50. The largest absolute Gasteiger partial charge is 0.235 e. The summed E-state index contributed by atoms with van der Waals surface area (Å²) >= 11 is 5.50. The Bertz CT molecular complexity index is 370. The summed E-state index contributed by atoms with van der Waals surface area (Å²) in [6, 6.07) is 1.73. The fourth-order valence-electron chi connectivity index (χ4n) is 0.777. The molecule has 6 heteroatoms. The Morgan fingerprint density at radius 3 is 2.58 bits per heavy atom. The van der Waals surface area contributed by atoms with E-state index in [1.165, 1.54) is 6.20 Å². The van der Waals surface area contributed by atoms with Crippen LogP contribution in [0, 0.1) is 0 Å². The molecule has 0 aliphatic carbocycles. The van der Waals surface area contributed by atoms with Gasteiger partial charge in [0.15, 0.2) is 11.5 Å². The molecule has 2 aromatic rings. The summed E-state index contributed by atoms with van der Waals surface area (Å²) in [4.78, 5) is 7.95. The first-order valence-corrected chi connectivity index (χ1v) is 3.56. The summed E-state index contributed by atoms with van der Waals surface area (Å²) in [6.45, 7) is 0. The van der Waals surface area contributed by atoms with Gasteiger partial charge in [-0.2, -0.15) is 4.20 Å². The van der Waals surface area contributed by atoms with Crippen LogP contribution in [0.15, 0.2) is 24.7 Å². The van der Waals surface area contributed by atoms with Crippen molar-refractivity contribution in [1.29, 1.82) is 0 Å². The molecule has 60 valence electrons. The lowest BCUT2D eigenvalue weighted by atomic mass is 10.4. The van der Waals surface area contributed by atoms with Gasteiger partial charge in [0.05, 0.1) is 6.20 Å². The van der Waals surface area contributed by atoms with Crippen LogP contribution in [0.2, 0.25) is 0 Å². The Morgan fingerprint density at radius 2 is 2.00 bits per heavy atom. The van der Waals surface area contributed by atoms with Gasteiger partial charge in [-0.25, -0.2) is 9.97 Å². The number of hydrogen-bond donors (Lipinski definition) is 0. The second-order valence-corrected chi connectivity index (χ2v) is 2.41. The Morgan fingerprint density at radius 1 is 1.25 bits per heavy atom. The summed E-state index contributed by atoms with van der Waals surface area (Å²) in [5.41, 5.74) is 0.561. The Kier molecular flexibility index (Phi) is 1.71. The van der Waals surface area contributed by atoms with Crippen molar-refractivity contribution in [2.45, 2.75) is 0 Å². The molecule has 0 saturated heterocycles. The molecule has 2 aromatic heterocycles. The van der Waals surface area contributed by atoms with Crippen molar-refractivity contribution in [2.24, 2.45) is 0 Å². The summed E-state index contributed by atoms with van der Waals surface area (Å²) in [5, 5.41) is 7.29. The van der Waals surface area contributed by atoms with Gasteiger partial charge in [-0.3, -0.25) is 0 Å². The zero-order valence-corrected chi connectivity index (χ0v) is 6.68. The van der Waals surface area contributed by atoms with Crippen LogP contribution in [-0.2, 0) is 0 Å². The molecule has 0 aromatic carbocycles. The summed E-state index contributed by atoms with van der Waals surface area (Å²) < 4.78 is 1.09. The Labute approximate surface area is 73.1 Å². The zero-order chi connectivity index (χ0) is 8.39. The second kappa shape index (κ2) is 2.86. The fourth-order valence-corrected chi connectivity index (χ4v) is 0.904. The molecule has 0 fully saturated rings. The molecule has 0 amide bonds. The van der Waals surface area contributed by atoms with Crippen LogP contribution in [0.1, 0.15) is 0 Å². The molecule has 0 atom stereocenters. The minimum atomic E-state index is 0.518. The van der Waals surface area contributed by atoms with Crippen molar-refractivity contribution >= 4 is 11.8 Å². The van der Waals surface area contributed by atoms with E-state index in [0.29, 0.717) is 11.5 Å². The minimum Gasteiger partial charge on any atom is -0.235 e.